The van der Waals surface area contributed by atoms with Crippen LogP contribution in [-0.4, -0.2) is 54.0 Å². The second kappa shape index (κ2) is 9.15. The maximum atomic E-state index is 12.5. The fourth-order valence-corrected chi connectivity index (χ4v) is 4.17. The largest absolute Gasteiger partial charge is 0.356 e. The molecular weight excluding hydrogens is 378 g/mol. The van der Waals surface area contributed by atoms with Gasteiger partial charge < -0.3 is 20.4 Å². The topological polar surface area (TPSA) is 77.6 Å². The smallest absolute Gasteiger partial charge is 0.315 e. The second-order valence-electron chi connectivity index (χ2n) is 8.06. The van der Waals surface area contributed by atoms with Crippen LogP contribution < -0.4 is 15.5 Å². The lowest BCUT2D eigenvalue weighted by atomic mass is 10.00. The number of amides is 3. The Morgan fingerprint density at radius 1 is 1.03 bits per heavy atom. The first-order valence-electron chi connectivity index (χ1n) is 10.7. The van der Waals surface area contributed by atoms with Gasteiger partial charge in [0.15, 0.2) is 0 Å². The Morgan fingerprint density at radius 3 is 2.57 bits per heavy atom. The lowest BCUT2D eigenvalue weighted by Crippen LogP contribution is -2.50. The summed E-state index contributed by atoms with van der Waals surface area (Å²) < 4.78 is 0. The van der Waals surface area contributed by atoms with Crippen molar-refractivity contribution in [3.8, 4) is 0 Å². The van der Waals surface area contributed by atoms with Gasteiger partial charge in [0.25, 0.3) is 0 Å². The molecule has 1 aromatic heterocycles. The predicted octanol–water partition coefficient (Wildman–Crippen LogP) is 2.24. The molecule has 0 unspecified atom stereocenters. The lowest BCUT2D eigenvalue weighted by molar-refractivity contribution is -0.131. The van der Waals surface area contributed by atoms with Gasteiger partial charge in [-0.25, -0.2) is 9.78 Å². The zero-order valence-electron chi connectivity index (χ0n) is 17.4. The van der Waals surface area contributed by atoms with Gasteiger partial charge in [-0.05, 0) is 49.4 Å². The minimum atomic E-state index is -0.270. The van der Waals surface area contributed by atoms with Crippen LogP contribution in [0, 0.1) is 6.92 Å². The number of aromatic nitrogens is 1. The SMILES string of the molecule is Cc1cccc(N2CCC(NC(=O)NCC(=O)N3CCc4ccccc4C3)CC2)n1. The summed E-state index contributed by atoms with van der Waals surface area (Å²) in [4.78, 5) is 33.4. The number of benzene rings is 1. The van der Waals surface area contributed by atoms with Crippen molar-refractivity contribution < 1.29 is 9.59 Å². The third-order valence-corrected chi connectivity index (χ3v) is 5.91. The Kier molecular flexibility index (Phi) is 6.16. The number of urea groups is 1. The summed E-state index contributed by atoms with van der Waals surface area (Å²) in [5, 5.41) is 5.74. The molecule has 0 saturated carbocycles. The second-order valence-corrected chi connectivity index (χ2v) is 8.06. The first-order chi connectivity index (χ1) is 14.6. The molecule has 7 nitrogen and oxygen atoms in total. The molecule has 7 heteroatoms. The molecule has 30 heavy (non-hydrogen) atoms. The fraction of sp³-hybridized carbons (Fsp3) is 0.435. The number of rotatable bonds is 4. The minimum Gasteiger partial charge on any atom is -0.356 e. The molecule has 0 spiro atoms. The molecule has 2 aliphatic heterocycles. The summed E-state index contributed by atoms with van der Waals surface area (Å²) in [6, 6.07) is 14.1. The highest BCUT2D eigenvalue weighted by Crippen LogP contribution is 2.19. The summed E-state index contributed by atoms with van der Waals surface area (Å²) in [6.45, 7) is 5.04. The molecule has 0 aliphatic carbocycles. The summed E-state index contributed by atoms with van der Waals surface area (Å²) in [5.74, 6) is 0.951. The molecule has 3 amide bonds. The normalized spacial score (nSPS) is 16.7. The van der Waals surface area contributed by atoms with Crippen LogP contribution in [0.3, 0.4) is 0 Å². The number of carbonyl (C=O) groups is 2. The average molecular weight is 408 g/mol. The third-order valence-electron chi connectivity index (χ3n) is 5.91. The molecule has 1 saturated heterocycles. The van der Waals surface area contributed by atoms with Crippen molar-refractivity contribution in [3.05, 3.63) is 59.3 Å². The monoisotopic (exact) mass is 407 g/mol. The zero-order chi connectivity index (χ0) is 20.9. The Balaban J connectivity index is 1.19. The number of carbonyl (C=O) groups excluding carboxylic acids is 2. The molecule has 158 valence electrons. The van der Waals surface area contributed by atoms with E-state index >= 15 is 0 Å². The van der Waals surface area contributed by atoms with Crippen molar-refractivity contribution >= 4 is 17.8 Å². The van der Waals surface area contributed by atoms with Crippen LogP contribution in [0.1, 0.15) is 29.7 Å². The Labute approximate surface area is 177 Å². The van der Waals surface area contributed by atoms with E-state index in [-0.39, 0.29) is 24.5 Å². The molecule has 4 rings (SSSR count). The van der Waals surface area contributed by atoms with Crippen molar-refractivity contribution in [2.24, 2.45) is 0 Å². The van der Waals surface area contributed by atoms with Crippen molar-refractivity contribution in [2.75, 3.05) is 31.1 Å². The van der Waals surface area contributed by atoms with E-state index in [1.54, 1.807) is 0 Å². The maximum absolute atomic E-state index is 12.5. The number of nitrogens with one attached hydrogen (secondary N) is 2. The summed E-state index contributed by atoms with van der Waals surface area (Å²) in [6.07, 6.45) is 2.59. The van der Waals surface area contributed by atoms with Crippen molar-refractivity contribution in [1.82, 2.24) is 20.5 Å². The van der Waals surface area contributed by atoms with Gasteiger partial charge in [0.2, 0.25) is 5.91 Å². The number of pyridine rings is 1. The Bertz CT molecular complexity index is 908. The van der Waals surface area contributed by atoms with Crippen LogP contribution in [0.4, 0.5) is 10.6 Å². The highest BCUT2D eigenvalue weighted by atomic mass is 16.2. The van der Waals surface area contributed by atoms with Crippen LogP contribution in [-0.2, 0) is 17.8 Å². The van der Waals surface area contributed by atoms with Crippen LogP contribution in [0.5, 0.6) is 0 Å². The van der Waals surface area contributed by atoms with E-state index < -0.39 is 0 Å². The minimum absolute atomic E-state index is 0.0278. The van der Waals surface area contributed by atoms with Crippen molar-refractivity contribution in [3.63, 3.8) is 0 Å². The van der Waals surface area contributed by atoms with Gasteiger partial charge in [-0.2, -0.15) is 0 Å². The van der Waals surface area contributed by atoms with E-state index in [4.69, 9.17) is 0 Å². The number of nitrogens with zero attached hydrogens (tertiary/aromatic N) is 3. The van der Waals surface area contributed by atoms with Gasteiger partial charge in [-0.15, -0.1) is 0 Å². The van der Waals surface area contributed by atoms with Gasteiger partial charge in [0.1, 0.15) is 5.82 Å². The van der Waals surface area contributed by atoms with Crippen molar-refractivity contribution in [2.45, 2.75) is 38.8 Å². The van der Waals surface area contributed by atoms with Crippen LogP contribution in [0.2, 0.25) is 0 Å². The zero-order valence-corrected chi connectivity index (χ0v) is 17.4. The highest BCUT2D eigenvalue weighted by Gasteiger charge is 2.23. The third kappa shape index (κ3) is 4.90. The molecule has 2 N–H and O–H groups in total. The van der Waals surface area contributed by atoms with Crippen LogP contribution in [0.25, 0.3) is 0 Å². The van der Waals surface area contributed by atoms with E-state index in [1.807, 2.05) is 42.2 Å². The highest BCUT2D eigenvalue weighted by molar-refractivity contribution is 5.84. The van der Waals surface area contributed by atoms with E-state index in [1.165, 1.54) is 11.1 Å². The Morgan fingerprint density at radius 2 is 1.80 bits per heavy atom. The van der Waals surface area contributed by atoms with E-state index in [0.717, 1.165) is 43.9 Å². The molecule has 0 radical (unpaired) electrons. The van der Waals surface area contributed by atoms with E-state index in [0.29, 0.717) is 13.1 Å². The van der Waals surface area contributed by atoms with Crippen LogP contribution >= 0.6 is 0 Å². The summed E-state index contributed by atoms with van der Waals surface area (Å²) in [7, 11) is 0. The van der Waals surface area contributed by atoms with Gasteiger partial charge >= 0.3 is 6.03 Å². The molecule has 1 aromatic carbocycles. The van der Waals surface area contributed by atoms with Crippen molar-refractivity contribution in [1.29, 1.82) is 0 Å². The van der Waals surface area contributed by atoms with E-state index in [9.17, 15) is 9.59 Å². The average Bonchev–Trinajstić information content (AvgIpc) is 2.77. The number of hydrogen-bond acceptors (Lipinski definition) is 4. The van der Waals surface area contributed by atoms with Gasteiger partial charge in [0.05, 0.1) is 6.54 Å². The molecule has 0 atom stereocenters. The quantitative estimate of drug-likeness (QED) is 0.815. The molecule has 2 aromatic rings. The van der Waals surface area contributed by atoms with Gasteiger partial charge in [-0.1, -0.05) is 30.3 Å². The first-order valence-corrected chi connectivity index (χ1v) is 10.7. The standard InChI is InChI=1S/C23H29N5O2/c1-17-5-4-8-21(25-17)27-13-10-20(11-14-27)26-23(30)24-15-22(29)28-12-9-18-6-2-3-7-19(18)16-28/h2-8,20H,9-16H2,1H3,(H2,24,26,30). The number of piperidine rings is 1. The van der Waals surface area contributed by atoms with E-state index in [2.05, 4.69) is 32.7 Å². The number of hydrogen-bond donors (Lipinski definition) is 2. The summed E-state index contributed by atoms with van der Waals surface area (Å²) in [5.41, 5.74) is 3.50. The molecule has 1 fully saturated rings. The number of aryl methyl sites for hydroxylation is 1. The molecule has 3 heterocycles. The van der Waals surface area contributed by atoms with Gasteiger partial charge in [0, 0.05) is 37.9 Å². The predicted molar refractivity (Wildman–Crippen MR) is 116 cm³/mol. The number of fused-ring (bicyclic) bond motifs is 1. The van der Waals surface area contributed by atoms with Gasteiger partial charge in [-0.3, -0.25) is 4.79 Å². The first kappa shape index (κ1) is 20.2. The maximum Gasteiger partial charge on any atom is 0.315 e. The number of anilines is 1. The summed E-state index contributed by atoms with van der Waals surface area (Å²) >= 11 is 0. The fourth-order valence-electron chi connectivity index (χ4n) is 4.17. The Hall–Kier alpha value is -3.09. The molecule has 2 aliphatic rings. The lowest BCUT2D eigenvalue weighted by Gasteiger charge is -2.33. The van der Waals surface area contributed by atoms with Crippen LogP contribution in [0.15, 0.2) is 42.5 Å². The molecule has 0 bridgehead atoms. The molecular formula is C23H29N5O2.